The summed E-state index contributed by atoms with van der Waals surface area (Å²) in [6, 6.07) is 14.2. The van der Waals surface area contributed by atoms with E-state index in [0.717, 1.165) is 29.3 Å². The van der Waals surface area contributed by atoms with Crippen molar-refractivity contribution in [2.75, 3.05) is 5.43 Å². The largest absolute Gasteiger partial charge is 0.265 e. The number of aromatic nitrogens is 3. The van der Waals surface area contributed by atoms with Crippen LogP contribution >= 0.6 is 0 Å². The molecule has 0 spiro atoms. The van der Waals surface area contributed by atoms with Crippen LogP contribution in [0.25, 0.3) is 0 Å². The zero-order chi connectivity index (χ0) is 16.9. The molecule has 0 aliphatic carbocycles. The second kappa shape index (κ2) is 7.08. The molecule has 1 N–H and O–H groups in total. The minimum atomic E-state index is 0.719. The van der Waals surface area contributed by atoms with Crippen molar-refractivity contribution in [3.05, 3.63) is 76.7 Å². The molecule has 5 heteroatoms. The number of hydrazone groups is 1. The highest BCUT2D eigenvalue weighted by atomic mass is 15.3. The van der Waals surface area contributed by atoms with E-state index in [1.54, 1.807) is 12.4 Å². The first-order chi connectivity index (χ1) is 11.6. The third kappa shape index (κ3) is 3.68. The van der Waals surface area contributed by atoms with Crippen molar-refractivity contribution in [3.8, 4) is 0 Å². The highest BCUT2D eigenvalue weighted by molar-refractivity contribution is 5.83. The van der Waals surface area contributed by atoms with E-state index in [2.05, 4.69) is 58.7 Å². The molecule has 0 unspecified atom stereocenters. The van der Waals surface area contributed by atoms with Gasteiger partial charge < -0.3 is 0 Å². The second-order valence-corrected chi connectivity index (χ2v) is 5.81. The van der Waals surface area contributed by atoms with E-state index >= 15 is 0 Å². The summed E-state index contributed by atoms with van der Waals surface area (Å²) in [5.74, 6) is 0.719. The summed E-state index contributed by atoms with van der Waals surface area (Å²) < 4.78 is 2.02. The zero-order valence-corrected chi connectivity index (χ0v) is 14.2. The van der Waals surface area contributed by atoms with Crippen molar-refractivity contribution in [1.29, 1.82) is 0 Å². The summed E-state index contributed by atoms with van der Waals surface area (Å²) in [5, 5.41) is 8.91. The molecule has 1 aromatic carbocycles. The van der Waals surface area contributed by atoms with Crippen LogP contribution in [0.15, 0.2) is 53.8 Å². The van der Waals surface area contributed by atoms with Crippen molar-refractivity contribution in [1.82, 2.24) is 14.8 Å². The van der Waals surface area contributed by atoms with Crippen LogP contribution in [0.5, 0.6) is 0 Å². The molecule has 3 rings (SSSR count). The normalized spacial score (nSPS) is 11.1. The van der Waals surface area contributed by atoms with Gasteiger partial charge in [-0.3, -0.25) is 10.1 Å². The van der Waals surface area contributed by atoms with Gasteiger partial charge in [-0.05, 0) is 38.5 Å². The highest BCUT2D eigenvalue weighted by Gasteiger charge is 2.10. The SMILES string of the molecule is Cc1ccc(Cn2nc(C)c(/C=N/Nc3ccccn3)c2C)cc1. The lowest BCUT2D eigenvalue weighted by Crippen LogP contribution is -2.04. The molecule has 3 aromatic rings. The smallest absolute Gasteiger partial charge is 0.146 e. The highest BCUT2D eigenvalue weighted by Crippen LogP contribution is 2.13. The number of hydrogen-bond donors (Lipinski definition) is 1. The van der Waals surface area contributed by atoms with Crippen LogP contribution in [0.3, 0.4) is 0 Å². The summed E-state index contributed by atoms with van der Waals surface area (Å²) in [5.41, 5.74) is 8.53. The van der Waals surface area contributed by atoms with Gasteiger partial charge >= 0.3 is 0 Å². The van der Waals surface area contributed by atoms with Crippen LogP contribution in [0, 0.1) is 20.8 Å². The lowest BCUT2D eigenvalue weighted by Gasteiger charge is -2.05. The molecule has 0 aliphatic heterocycles. The van der Waals surface area contributed by atoms with Gasteiger partial charge in [-0.1, -0.05) is 35.9 Å². The molecular formula is C19H21N5. The molecule has 0 fully saturated rings. The van der Waals surface area contributed by atoms with Crippen molar-refractivity contribution < 1.29 is 0 Å². The van der Waals surface area contributed by atoms with Crippen molar-refractivity contribution in [2.45, 2.75) is 27.3 Å². The Balaban J connectivity index is 1.75. The molecule has 0 amide bonds. The lowest BCUT2D eigenvalue weighted by molar-refractivity contribution is 0.659. The molecule has 122 valence electrons. The maximum Gasteiger partial charge on any atom is 0.146 e. The van der Waals surface area contributed by atoms with Gasteiger partial charge in [0.15, 0.2) is 0 Å². The lowest BCUT2D eigenvalue weighted by atomic mass is 10.1. The Morgan fingerprint density at radius 1 is 1.08 bits per heavy atom. The van der Waals surface area contributed by atoms with Crippen LogP contribution in [0.2, 0.25) is 0 Å². The van der Waals surface area contributed by atoms with Gasteiger partial charge in [-0.2, -0.15) is 10.2 Å². The topological polar surface area (TPSA) is 55.1 Å². The Morgan fingerprint density at radius 2 is 1.88 bits per heavy atom. The van der Waals surface area contributed by atoms with Gasteiger partial charge in [0.05, 0.1) is 18.5 Å². The molecule has 2 aromatic heterocycles. The Bertz CT molecular complexity index is 832. The fraction of sp³-hybridized carbons (Fsp3) is 0.211. The Morgan fingerprint density at radius 3 is 2.58 bits per heavy atom. The van der Waals surface area contributed by atoms with E-state index in [-0.39, 0.29) is 0 Å². The Labute approximate surface area is 142 Å². The van der Waals surface area contributed by atoms with E-state index in [4.69, 9.17) is 0 Å². The summed E-state index contributed by atoms with van der Waals surface area (Å²) in [6.07, 6.45) is 3.53. The van der Waals surface area contributed by atoms with E-state index in [0.29, 0.717) is 0 Å². The third-order valence-electron chi connectivity index (χ3n) is 3.93. The summed E-state index contributed by atoms with van der Waals surface area (Å²) >= 11 is 0. The van der Waals surface area contributed by atoms with E-state index in [1.165, 1.54) is 11.1 Å². The Hall–Kier alpha value is -2.95. The molecule has 2 heterocycles. The minimum absolute atomic E-state index is 0.719. The fourth-order valence-corrected chi connectivity index (χ4v) is 2.51. The van der Waals surface area contributed by atoms with E-state index in [9.17, 15) is 0 Å². The molecule has 0 saturated carbocycles. The molecule has 0 aliphatic rings. The number of anilines is 1. The van der Waals surface area contributed by atoms with Crippen molar-refractivity contribution in [3.63, 3.8) is 0 Å². The van der Waals surface area contributed by atoms with Gasteiger partial charge in [-0.15, -0.1) is 0 Å². The monoisotopic (exact) mass is 319 g/mol. The fourth-order valence-electron chi connectivity index (χ4n) is 2.51. The second-order valence-electron chi connectivity index (χ2n) is 5.81. The van der Waals surface area contributed by atoms with Crippen LogP contribution in [0.1, 0.15) is 28.1 Å². The number of nitrogens with one attached hydrogen (secondary N) is 1. The van der Waals surface area contributed by atoms with Gasteiger partial charge in [0.2, 0.25) is 0 Å². The van der Waals surface area contributed by atoms with Crippen molar-refractivity contribution in [2.24, 2.45) is 5.10 Å². The first kappa shape index (κ1) is 15.9. The average molecular weight is 319 g/mol. The number of rotatable bonds is 5. The Kier molecular flexibility index (Phi) is 4.70. The number of hydrogen-bond acceptors (Lipinski definition) is 4. The van der Waals surface area contributed by atoms with Gasteiger partial charge in [0, 0.05) is 17.5 Å². The summed E-state index contributed by atoms with van der Waals surface area (Å²) in [7, 11) is 0. The summed E-state index contributed by atoms with van der Waals surface area (Å²) in [6.45, 7) is 6.92. The van der Waals surface area contributed by atoms with Crippen LogP contribution in [-0.4, -0.2) is 21.0 Å². The summed E-state index contributed by atoms with van der Waals surface area (Å²) in [4.78, 5) is 4.18. The van der Waals surface area contributed by atoms with Crippen LogP contribution < -0.4 is 5.43 Å². The predicted octanol–water partition coefficient (Wildman–Crippen LogP) is 3.70. The van der Waals surface area contributed by atoms with E-state index < -0.39 is 0 Å². The molecule has 5 nitrogen and oxygen atoms in total. The number of aryl methyl sites for hydroxylation is 2. The zero-order valence-electron chi connectivity index (χ0n) is 14.2. The molecule has 0 radical (unpaired) electrons. The standard InChI is InChI=1S/C19H21N5/c1-14-7-9-17(10-8-14)13-24-16(3)18(15(2)23-24)12-21-22-19-6-4-5-11-20-19/h4-12H,13H2,1-3H3,(H,20,22)/b21-12+. The van der Waals surface area contributed by atoms with Crippen LogP contribution in [0.4, 0.5) is 5.82 Å². The van der Waals surface area contributed by atoms with Gasteiger partial charge in [-0.25, -0.2) is 4.98 Å². The number of benzene rings is 1. The minimum Gasteiger partial charge on any atom is -0.265 e. The molecule has 24 heavy (non-hydrogen) atoms. The molecular weight excluding hydrogens is 298 g/mol. The quantitative estimate of drug-likeness (QED) is 0.576. The number of pyridine rings is 1. The molecule has 0 atom stereocenters. The maximum atomic E-state index is 4.64. The molecule has 0 bridgehead atoms. The first-order valence-corrected chi connectivity index (χ1v) is 7.93. The van der Waals surface area contributed by atoms with Gasteiger partial charge in [0.25, 0.3) is 0 Å². The maximum absolute atomic E-state index is 4.64. The van der Waals surface area contributed by atoms with Gasteiger partial charge in [0.1, 0.15) is 5.82 Å². The average Bonchev–Trinajstić information content (AvgIpc) is 2.85. The molecule has 0 saturated heterocycles. The number of nitrogens with zero attached hydrogens (tertiary/aromatic N) is 4. The van der Waals surface area contributed by atoms with E-state index in [1.807, 2.05) is 29.8 Å². The van der Waals surface area contributed by atoms with Crippen LogP contribution in [-0.2, 0) is 6.54 Å². The van der Waals surface area contributed by atoms with Crippen molar-refractivity contribution >= 4 is 12.0 Å². The third-order valence-corrected chi connectivity index (χ3v) is 3.93. The predicted molar refractivity (Wildman–Crippen MR) is 97.4 cm³/mol. The first-order valence-electron chi connectivity index (χ1n) is 7.93.